The molecule has 162 valence electrons. The summed E-state index contributed by atoms with van der Waals surface area (Å²) in [5, 5.41) is 0. The normalized spacial score (nSPS) is 20.2. The molecule has 0 aromatic heterocycles. The molecule has 0 atom stereocenters. The summed E-state index contributed by atoms with van der Waals surface area (Å²) in [4.78, 5) is 15.6. The minimum absolute atomic E-state index is 0.0815. The number of rotatable bonds is 4. The van der Waals surface area contributed by atoms with Crippen LogP contribution >= 0.6 is 0 Å². The van der Waals surface area contributed by atoms with Gasteiger partial charge in [0.25, 0.3) is 0 Å². The van der Waals surface area contributed by atoms with E-state index in [-0.39, 0.29) is 5.78 Å². The summed E-state index contributed by atoms with van der Waals surface area (Å²) >= 11 is 0. The van der Waals surface area contributed by atoms with Gasteiger partial charge in [0.05, 0.1) is 12.2 Å². The Morgan fingerprint density at radius 1 is 1.16 bits per heavy atom. The molecule has 31 heavy (non-hydrogen) atoms. The lowest BCUT2D eigenvalue weighted by Gasteiger charge is -2.37. The maximum absolute atomic E-state index is 13.2. The molecule has 2 heterocycles. The summed E-state index contributed by atoms with van der Waals surface area (Å²) in [5.41, 5.74) is 3.46. The van der Waals surface area contributed by atoms with Crippen LogP contribution in [0.4, 0.5) is 0 Å². The minimum atomic E-state index is -0.0815. The first-order valence-electron chi connectivity index (χ1n) is 11.3. The van der Waals surface area contributed by atoms with Crippen molar-refractivity contribution in [1.82, 2.24) is 4.90 Å². The van der Waals surface area contributed by atoms with Crippen molar-refractivity contribution in [3.05, 3.63) is 58.3 Å². The number of hydrogen-bond acceptors (Lipinski definition) is 5. The number of allylic oxidation sites excluding steroid dienone is 1. The second-order valence-electron chi connectivity index (χ2n) is 8.59. The Balaban J connectivity index is 1.44. The number of ketones is 1. The molecule has 2 aromatic rings. The molecule has 0 N–H and O–H groups in total. The van der Waals surface area contributed by atoms with Crippen LogP contribution in [0.5, 0.6) is 17.2 Å². The molecule has 0 radical (unpaired) electrons. The summed E-state index contributed by atoms with van der Waals surface area (Å²) in [7, 11) is 0. The van der Waals surface area contributed by atoms with Crippen molar-refractivity contribution in [1.29, 1.82) is 0 Å². The highest BCUT2D eigenvalue weighted by atomic mass is 16.5. The van der Waals surface area contributed by atoms with Crippen molar-refractivity contribution < 1.29 is 19.0 Å². The molecule has 1 saturated carbocycles. The zero-order valence-electron chi connectivity index (χ0n) is 18.3. The lowest BCUT2D eigenvalue weighted by Crippen LogP contribution is -2.41. The van der Waals surface area contributed by atoms with Gasteiger partial charge in [0.15, 0.2) is 5.76 Å². The third-order valence-corrected chi connectivity index (χ3v) is 6.56. The molecule has 5 heteroatoms. The highest BCUT2D eigenvalue weighted by Crippen LogP contribution is 2.44. The van der Waals surface area contributed by atoms with Gasteiger partial charge < -0.3 is 14.2 Å². The highest BCUT2D eigenvalue weighted by molar-refractivity contribution is 6.15. The molecule has 5 rings (SSSR count). The average Bonchev–Trinajstić information content (AvgIpc) is 3.11. The first kappa shape index (κ1) is 20.1. The minimum Gasteiger partial charge on any atom is -0.493 e. The van der Waals surface area contributed by atoms with E-state index in [9.17, 15) is 4.79 Å². The van der Waals surface area contributed by atoms with Gasteiger partial charge in [-0.05, 0) is 44.9 Å². The van der Waals surface area contributed by atoms with E-state index in [2.05, 4.69) is 4.90 Å². The van der Waals surface area contributed by atoms with Crippen LogP contribution in [0.25, 0.3) is 6.08 Å². The number of ether oxygens (including phenoxy) is 3. The lowest BCUT2D eigenvalue weighted by molar-refractivity contribution is 0.0397. The molecule has 1 fully saturated rings. The Morgan fingerprint density at radius 3 is 2.77 bits per heavy atom. The molecule has 0 bridgehead atoms. The molecule has 0 saturated heterocycles. The van der Waals surface area contributed by atoms with E-state index in [4.69, 9.17) is 14.2 Å². The Kier molecular flexibility index (Phi) is 5.45. The largest absolute Gasteiger partial charge is 0.493 e. The topological polar surface area (TPSA) is 48.0 Å². The van der Waals surface area contributed by atoms with Gasteiger partial charge in [-0.3, -0.25) is 9.69 Å². The second-order valence-corrected chi connectivity index (χ2v) is 8.59. The van der Waals surface area contributed by atoms with Crippen LogP contribution in [0, 0.1) is 6.92 Å². The van der Waals surface area contributed by atoms with Crippen molar-refractivity contribution in [2.75, 3.05) is 13.3 Å². The summed E-state index contributed by atoms with van der Waals surface area (Å²) < 4.78 is 17.9. The molecular formula is C26H29NO4. The van der Waals surface area contributed by atoms with Crippen LogP contribution < -0.4 is 14.2 Å². The average molecular weight is 420 g/mol. The van der Waals surface area contributed by atoms with Crippen LogP contribution in [0.15, 0.2) is 36.1 Å². The lowest BCUT2D eigenvalue weighted by atomic mass is 9.93. The van der Waals surface area contributed by atoms with Gasteiger partial charge in [-0.15, -0.1) is 0 Å². The van der Waals surface area contributed by atoms with E-state index < -0.39 is 0 Å². The Hall–Kier alpha value is -2.79. The molecule has 0 spiro atoms. The fourth-order valence-electron chi connectivity index (χ4n) is 4.97. The van der Waals surface area contributed by atoms with Gasteiger partial charge in [0.1, 0.15) is 24.0 Å². The molecule has 2 aliphatic heterocycles. The van der Waals surface area contributed by atoms with Crippen molar-refractivity contribution >= 4 is 11.9 Å². The summed E-state index contributed by atoms with van der Waals surface area (Å²) in [6, 6.07) is 10.2. The first-order chi connectivity index (χ1) is 15.2. The van der Waals surface area contributed by atoms with E-state index in [0.717, 1.165) is 34.7 Å². The van der Waals surface area contributed by atoms with Gasteiger partial charge in [-0.2, -0.15) is 0 Å². The smallest absolute Gasteiger partial charge is 0.231 e. The maximum Gasteiger partial charge on any atom is 0.231 e. The quantitative estimate of drug-likeness (QED) is 0.613. The van der Waals surface area contributed by atoms with Crippen LogP contribution in [0.2, 0.25) is 0 Å². The van der Waals surface area contributed by atoms with Crippen molar-refractivity contribution in [2.45, 2.75) is 58.5 Å². The van der Waals surface area contributed by atoms with Crippen LogP contribution in [-0.4, -0.2) is 30.1 Å². The number of fused-ring (bicyclic) bond motifs is 2. The molecular weight excluding hydrogens is 390 g/mol. The van der Waals surface area contributed by atoms with Crippen molar-refractivity contribution in [3.63, 3.8) is 0 Å². The van der Waals surface area contributed by atoms with Gasteiger partial charge in [-0.1, -0.05) is 37.5 Å². The number of para-hydroxylation sites is 1. The predicted molar refractivity (Wildman–Crippen MR) is 120 cm³/mol. The Morgan fingerprint density at radius 2 is 1.97 bits per heavy atom. The number of benzene rings is 2. The summed E-state index contributed by atoms with van der Waals surface area (Å²) in [6.45, 7) is 5.93. The number of carbonyl (C=O) groups excluding carboxylic acids is 1. The van der Waals surface area contributed by atoms with Crippen LogP contribution in [-0.2, 0) is 6.54 Å². The molecule has 0 unspecified atom stereocenters. The fraction of sp³-hybridized carbons (Fsp3) is 0.423. The fourth-order valence-corrected chi connectivity index (χ4v) is 4.97. The van der Waals surface area contributed by atoms with E-state index in [1.165, 1.54) is 32.1 Å². The molecule has 3 aliphatic rings. The predicted octanol–water partition coefficient (Wildman–Crippen LogP) is 5.49. The third kappa shape index (κ3) is 3.72. The standard InChI is InChI=1S/C26H29NO4/c1-3-29-22-12-8-7-9-18(22)14-23-24(28)21-13-19-15-27(20-10-5-4-6-11-20)16-30-25(19)17(2)26(21)31-23/h7-9,12-14,20H,3-6,10-11,15-16H2,1-2H3/b23-14-. The Bertz CT molecular complexity index is 1040. The van der Waals surface area contributed by atoms with E-state index in [1.54, 1.807) is 6.08 Å². The SMILES string of the molecule is CCOc1ccccc1/C=C1\Oc2c(cc3c(c2C)OCN(C2CCCCC2)C3)C1=O. The van der Waals surface area contributed by atoms with E-state index >= 15 is 0 Å². The van der Waals surface area contributed by atoms with Crippen molar-refractivity contribution in [2.24, 2.45) is 0 Å². The van der Waals surface area contributed by atoms with Gasteiger partial charge in [-0.25, -0.2) is 0 Å². The molecule has 2 aromatic carbocycles. The van der Waals surface area contributed by atoms with Gasteiger partial charge in [0, 0.05) is 29.3 Å². The summed E-state index contributed by atoms with van der Waals surface area (Å²) in [6.07, 6.45) is 8.16. The van der Waals surface area contributed by atoms with E-state index in [0.29, 0.717) is 36.5 Å². The number of nitrogens with zero attached hydrogens (tertiary/aromatic N) is 1. The van der Waals surface area contributed by atoms with Gasteiger partial charge >= 0.3 is 0 Å². The van der Waals surface area contributed by atoms with Gasteiger partial charge in [0.2, 0.25) is 5.78 Å². The summed E-state index contributed by atoms with van der Waals surface area (Å²) in [5.74, 6) is 2.48. The zero-order valence-corrected chi connectivity index (χ0v) is 18.3. The molecule has 1 aliphatic carbocycles. The second kappa shape index (κ2) is 8.39. The molecule has 5 nitrogen and oxygen atoms in total. The highest BCUT2D eigenvalue weighted by Gasteiger charge is 2.35. The monoisotopic (exact) mass is 419 g/mol. The van der Waals surface area contributed by atoms with Crippen LogP contribution in [0.1, 0.15) is 66.1 Å². The Labute approximate surface area is 183 Å². The molecule has 0 amide bonds. The third-order valence-electron chi connectivity index (χ3n) is 6.56. The maximum atomic E-state index is 13.2. The first-order valence-corrected chi connectivity index (χ1v) is 11.3. The number of Topliss-reactive ketones (excluding diaryl/α,β-unsaturated/α-hetero) is 1. The van der Waals surface area contributed by atoms with E-state index in [1.807, 2.05) is 44.2 Å². The van der Waals surface area contributed by atoms with Crippen molar-refractivity contribution in [3.8, 4) is 17.2 Å². The zero-order chi connectivity index (χ0) is 21.4. The number of hydrogen-bond donors (Lipinski definition) is 0. The number of carbonyl (C=O) groups is 1. The van der Waals surface area contributed by atoms with Crippen LogP contribution in [0.3, 0.4) is 0 Å².